The fourth-order valence-corrected chi connectivity index (χ4v) is 4.46. The number of likely N-dealkylation sites (N-methyl/N-ethyl adjacent to an activating group) is 1. The van der Waals surface area contributed by atoms with Crippen LogP contribution in [0.4, 0.5) is 5.69 Å². The Hall–Kier alpha value is -2.73. The molecule has 2 aliphatic rings. The molecule has 6 heteroatoms. The van der Waals surface area contributed by atoms with Crippen LogP contribution in [0.2, 0.25) is 0 Å². The third-order valence-corrected chi connectivity index (χ3v) is 6.25. The maximum atomic E-state index is 13.1. The summed E-state index contributed by atoms with van der Waals surface area (Å²) in [7, 11) is 1.99. The Morgan fingerprint density at radius 2 is 1.97 bits per heavy atom. The van der Waals surface area contributed by atoms with Crippen molar-refractivity contribution >= 4 is 17.5 Å². The van der Waals surface area contributed by atoms with E-state index >= 15 is 0 Å². The number of hydrogen-bond acceptors (Lipinski definition) is 4. The lowest BCUT2D eigenvalue weighted by molar-refractivity contribution is -0.123. The standard InChI is InChI=1S/C23H28N4O2/c1-3-5-18-7-9-19(10-8-18)22(29)26-13-11-23(16-26)17-27(21(28)15-25(23)2)20-6-4-12-24-14-20/h4,6-10,12,14H,3,5,11,13,15-17H2,1-2H3. The number of rotatable bonds is 4. The molecule has 1 aromatic carbocycles. The van der Waals surface area contributed by atoms with Gasteiger partial charge in [-0.1, -0.05) is 25.5 Å². The molecule has 3 heterocycles. The average Bonchev–Trinajstić information content (AvgIpc) is 3.17. The first-order valence-corrected chi connectivity index (χ1v) is 10.3. The van der Waals surface area contributed by atoms with E-state index in [2.05, 4.69) is 28.9 Å². The molecule has 2 saturated heterocycles. The maximum Gasteiger partial charge on any atom is 0.253 e. The third-order valence-electron chi connectivity index (χ3n) is 6.25. The minimum absolute atomic E-state index is 0.0717. The van der Waals surface area contributed by atoms with Crippen molar-refractivity contribution in [1.82, 2.24) is 14.8 Å². The van der Waals surface area contributed by atoms with Crippen LogP contribution < -0.4 is 4.90 Å². The number of amides is 2. The molecule has 1 aromatic heterocycles. The lowest BCUT2D eigenvalue weighted by Crippen LogP contribution is -2.64. The fourth-order valence-electron chi connectivity index (χ4n) is 4.46. The second-order valence-electron chi connectivity index (χ2n) is 8.20. The zero-order valence-corrected chi connectivity index (χ0v) is 17.2. The highest BCUT2D eigenvalue weighted by Gasteiger charge is 2.48. The van der Waals surface area contributed by atoms with Crippen molar-refractivity contribution in [3.05, 3.63) is 59.9 Å². The van der Waals surface area contributed by atoms with Gasteiger partial charge in [-0.15, -0.1) is 0 Å². The molecule has 2 amide bonds. The molecular formula is C23H28N4O2. The smallest absolute Gasteiger partial charge is 0.253 e. The van der Waals surface area contributed by atoms with Gasteiger partial charge in [0.2, 0.25) is 5.91 Å². The molecule has 0 saturated carbocycles. The number of likely N-dealkylation sites (tertiary alicyclic amines) is 1. The minimum atomic E-state index is -0.221. The number of aromatic nitrogens is 1. The van der Waals surface area contributed by atoms with Gasteiger partial charge in [-0.25, -0.2) is 0 Å². The molecule has 2 fully saturated rings. The monoisotopic (exact) mass is 392 g/mol. The van der Waals surface area contributed by atoms with E-state index in [4.69, 9.17) is 0 Å². The molecule has 1 unspecified atom stereocenters. The van der Waals surface area contributed by atoms with Crippen molar-refractivity contribution in [3.63, 3.8) is 0 Å². The lowest BCUT2D eigenvalue weighted by atomic mass is 9.92. The largest absolute Gasteiger partial charge is 0.337 e. The van der Waals surface area contributed by atoms with Gasteiger partial charge in [0.15, 0.2) is 0 Å². The Kier molecular flexibility index (Phi) is 5.37. The average molecular weight is 393 g/mol. The number of carbonyl (C=O) groups is 2. The topological polar surface area (TPSA) is 56.8 Å². The van der Waals surface area contributed by atoms with E-state index in [0.717, 1.165) is 30.5 Å². The van der Waals surface area contributed by atoms with Crippen LogP contribution >= 0.6 is 0 Å². The maximum absolute atomic E-state index is 13.1. The molecular weight excluding hydrogens is 364 g/mol. The summed E-state index contributed by atoms with van der Waals surface area (Å²) in [5, 5.41) is 0. The highest BCUT2D eigenvalue weighted by Crippen LogP contribution is 2.33. The molecule has 2 aliphatic heterocycles. The SMILES string of the molecule is CCCc1ccc(C(=O)N2CCC3(C2)CN(c2cccnc2)C(=O)CN3C)cc1. The van der Waals surface area contributed by atoms with Crippen molar-refractivity contribution in [2.24, 2.45) is 0 Å². The van der Waals surface area contributed by atoms with Crippen molar-refractivity contribution in [2.75, 3.05) is 38.1 Å². The molecule has 2 aromatic rings. The van der Waals surface area contributed by atoms with Gasteiger partial charge >= 0.3 is 0 Å². The summed E-state index contributed by atoms with van der Waals surface area (Å²) >= 11 is 0. The number of anilines is 1. The highest BCUT2D eigenvalue weighted by atomic mass is 16.2. The molecule has 152 valence electrons. The Labute approximate surface area is 172 Å². The number of piperazine rings is 1. The first-order chi connectivity index (χ1) is 14.0. The number of nitrogens with zero attached hydrogens (tertiary/aromatic N) is 4. The van der Waals surface area contributed by atoms with Crippen LogP contribution in [0.5, 0.6) is 0 Å². The predicted octanol–water partition coefficient (Wildman–Crippen LogP) is 2.60. The van der Waals surface area contributed by atoms with E-state index in [1.807, 2.05) is 41.1 Å². The van der Waals surface area contributed by atoms with Crippen LogP contribution in [0, 0.1) is 0 Å². The third kappa shape index (κ3) is 3.77. The summed E-state index contributed by atoms with van der Waals surface area (Å²) in [5.41, 5.74) is 2.60. The molecule has 29 heavy (non-hydrogen) atoms. The van der Waals surface area contributed by atoms with Crippen LogP contribution in [0.25, 0.3) is 0 Å². The molecule has 0 N–H and O–H groups in total. The summed E-state index contributed by atoms with van der Waals surface area (Å²) in [4.78, 5) is 35.8. The molecule has 4 rings (SSSR count). The van der Waals surface area contributed by atoms with Crippen LogP contribution in [0.1, 0.15) is 35.7 Å². The Morgan fingerprint density at radius 3 is 2.66 bits per heavy atom. The Morgan fingerprint density at radius 1 is 1.17 bits per heavy atom. The number of pyridine rings is 1. The molecule has 1 spiro atoms. The molecule has 0 bridgehead atoms. The second-order valence-corrected chi connectivity index (χ2v) is 8.20. The van der Waals surface area contributed by atoms with Gasteiger partial charge in [0.1, 0.15) is 0 Å². The van der Waals surface area contributed by atoms with Crippen LogP contribution in [-0.2, 0) is 11.2 Å². The van der Waals surface area contributed by atoms with Crippen LogP contribution in [0.3, 0.4) is 0 Å². The van der Waals surface area contributed by atoms with Crippen molar-refractivity contribution in [2.45, 2.75) is 31.7 Å². The van der Waals surface area contributed by atoms with Gasteiger partial charge < -0.3 is 9.80 Å². The van der Waals surface area contributed by atoms with Crippen molar-refractivity contribution in [1.29, 1.82) is 0 Å². The molecule has 6 nitrogen and oxygen atoms in total. The van der Waals surface area contributed by atoms with Gasteiger partial charge in [0.05, 0.1) is 24.0 Å². The van der Waals surface area contributed by atoms with Gasteiger partial charge in [0.25, 0.3) is 5.91 Å². The van der Waals surface area contributed by atoms with Crippen molar-refractivity contribution < 1.29 is 9.59 Å². The molecule has 1 atom stereocenters. The normalized spacial score (nSPS) is 22.5. The summed E-state index contributed by atoms with van der Waals surface area (Å²) in [5.74, 6) is 0.144. The predicted molar refractivity (Wildman–Crippen MR) is 113 cm³/mol. The van der Waals surface area contributed by atoms with E-state index in [-0.39, 0.29) is 17.4 Å². The summed E-state index contributed by atoms with van der Waals surface area (Å²) in [6.45, 7) is 4.41. The summed E-state index contributed by atoms with van der Waals surface area (Å²) in [6, 6.07) is 11.7. The van der Waals surface area contributed by atoms with Gasteiger partial charge in [-0.3, -0.25) is 19.5 Å². The Bertz CT molecular complexity index is 884. The fraction of sp³-hybridized carbons (Fsp3) is 0.435. The lowest BCUT2D eigenvalue weighted by Gasteiger charge is -2.46. The van der Waals surface area contributed by atoms with Crippen molar-refractivity contribution in [3.8, 4) is 0 Å². The Balaban J connectivity index is 1.50. The number of hydrogen-bond donors (Lipinski definition) is 0. The summed E-state index contributed by atoms with van der Waals surface area (Å²) in [6.07, 6.45) is 6.42. The van der Waals surface area contributed by atoms with E-state index < -0.39 is 0 Å². The molecule has 0 radical (unpaired) electrons. The van der Waals surface area contributed by atoms with Gasteiger partial charge in [-0.2, -0.15) is 0 Å². The number of carbonyl (C=O) groups excluding carboxylic acids is 2. The van der Waals surface area contributed by atoms with Crippen LogP contribution in [0.15, 0.2) is 48.8 Å². The zero-order valence-electron chi connectivity index (χ0n) is 17.2. The van der Waals surface area contributed by atoms with E-state index in [9.17, 15) is 9.59 Å². The molecule has 0 aliphatic carbocycles. The first kappa shape index (κ1) is 19.6. The van der Waals surface area contributed by atoms with Gasteiger partial charge in [-0.05, 0) is 49.7 Å². The summed E-state index contributed by atoms with van der Waals surface area (Å²) < 4.78 is 0. The highest BCUT2D eigenvalue weighted by molar-refractivity contribution is 5.96. The second kappa shape index (κ2) is 7.95. The van der Waals surface area contributed by atoms with E-state index in [1.54, 1.807) is 12.4 Å². The first-order valence-electron chi connectivity index (χ1n) is 10.3. The number of aryl methyl sites for hydroxylation is 1. The van der Waals surface area contributed by atoms with Gasteiger partial charge in [0, 0.05) is 31.4 Å². The van der Waals surface area contributed by atoms with E-state index in [1.165, 1.54) is 5.56 Å². The zero-order chi connectivity index (χ0) is 20.4. The number of benzene rings is 1. The van der Waals surface area contributed by atoms with E-state index in [0.29, 0.717) is 26.2 Å². The minimum Gasteiger partial charge on any atom is -0.337 e. The quantitative estimate of drug-likeness (QED) is 0.803. The van der Waals surface area contributed by atoms with Crippen LogP contribution in [-0.4, -0.2) is 65.4 Å².